The molecule has 1 heterocycles. The summed E-state index contributed by atoms with van der Waals surface area (Å²) >= 11 is 0. The Morgan fingerprint density at radius 1 is 1.30 bits per heavy atom. The topological polar surface area (TPSA) is 95.5 Å². The summed E-state index contributed by atoms with van der Waals surface area (Å²) in [5.74, 6) is -4.83. The zero-order valence-corrected chi connectivity index (χ0v) is 10.1. The van der Waals surface area contributed by atoms with E-state index in [4.69, 9.17) is 5.11 Å². The van der Waals surface area contributed by atoms with E-state index in [1.165, 1.54) is 0 Å². The molecule has 0 aliphatic carbocycles. The van der Waals surface area contributed by atoms with Gasteiger partial charge in [0.15, 0.2) is 0 Å². The van der Waals surface area contributed by atoms with Crippen LogP contribution in [0, 0.1) is 11.6 Å². The minimum Gasteiger partial charge on any atom is -0.478 e. The molecule has 0 spiro atoms. The fourth-order valence-electron chi connectivity index (χ4n) is 1.84. The van der Waals surface area contributed by atoms with E-state index in [0.717, 1.165) is 0 Å². The highest BCUT2D eigenvalue weighted by Crippen LogP contribution is 2.23. The lowest BCUT2D eigenvalue weighted by Gasteiger charge is -2.23. The minimum atomic E-state index is -1.46. The molecular formula is C12H10F2N2O4. The molecule has 1 unspecified atom stereocenters. The van der Waals surface area contributed by atoms with Crippen molar-refractivity contribution in [3.63, 3.8) is 0 Å². The van der Waals surface area contributed by atoms with Gasteiger partial charge in [-0.05, 0) is 18.6 Å². The summed E-state index contributed by atoms with van der Waals surface area (Å²) in [5, 5.41) is 13.0. The maximum absolute atomic E-state index is 13.7. The molecule has 1 aliphatic heterocycles. The molecule has 1 atom stereocenters. The lowest BCUT2D eigenvalue weighted by atomic mass is 10.1. The molecule has 3 N–H and O–H groups in total. The average molecular weight is 284 g/mol. The van der Waals surface area contributed by atoms with Gasteiger partial charge >= 0.3 is 5.97 Å². The Kier molecular flexibility index (Phi) is 3.64. The number of benzene rings is 1. The fourth-order valence-corrected chi connectivity index (χ4v) is 1.84. The lowest BCUT2D eigenvalue weighted by Crippen LogP contribution is -2.47. The van der Waals surface area contributed by atoms with Crippen molar-refractivity contribution in [3.8, 4) is 0 Å². The average Bonchev–Trinajstić information content (AvgIpc) is 2.35. The summed E-state index contributed by atoms with van der Waals surface area (Å²) < 4.78 is 27.3. The van der Waals surface area contributed by atoms with Crippen LogP contribution in [0.25, 0.3) is 0 Å². The minimum absolute atomic E-state index is 0.0554. The van der Waals surface area contributed by atoms with Crippen LogP contribution in [-0.2, 0) is 9.59 Å². The molecule has 2 rings (SSSR count). The molecule has 0 radical (unpaired) electrons. The van der Waals surface area contributed by atoms with E-state index in [-0.39, 0.29) is 12.8 Å². The van der Waals surface area contributed by atoms with Crippen molar-refractivity contribution in [2.75, 3.05) is 5.32 Å². The number of imide groups is 1. The van der Waals surface area contributed by atoms with Gasteiger partial charge in [0.05, 0.1) is 5.56 Å². The normalized spacial score (nSPS) is 18.6. The number of rotatable bonds is 3. The first-order valence-electron chi connectivity index (χ1n) is 5.71. The fraction of sp³-hybridized carbons (Fsp3) is 0.250. The molecular weight excluding hydrogens is 274 g/mol. The number of hydrogen-bond donors (Lipinski definition) is 3. The van der Waals surface area contributed by atoms with Gasteiger partial charge in [-0.1, -0.05) is 0 Å². The number of carbonyl (C=O) groups is 3. The predicted molar refractivity (Wildman–Crippen MR) is 63.1 cm³/mol. The number of anilines is 1. The standard InChI is InChI=1S/C12H10F2N2O4/c13-6-3-5(12(19)20)4-7(14)10(6)15-8-1-2-9(17)16-11(8)18/h3-4,8,15H,1-2H2,(H,19,20)(H,16,17,18). The number of piperidine rings is 1. The summed E-state index contributed by atoms with van der Waals surface area (Å²) in [6.45, 7) is 0. The third kappa shape index (κ3) is 2.73. The summed E-state index contributed by atoms with van der Waals surface area (Å²) in [4.78, 5) is 33.1. The lowest BCUT2D eigenvalue weighted by molar-refractivity contribution is -0.133. The molecule has 2 amide bonds. The van der Waals surface area contributed by atoms with Crippen molar-refractivity contribution < 1.29 is 28.3 Å². The van der Waals surface area contributed by atoms with E-state index < -0.39 is 46.7 Å². The van der Waals surface area contributed by atoms with Crippen molar-refractivity contribution in [1.29, 1.82) is 0 Å². The van der Waals surface area contributed by atoms with Crippen LogP contribution in [0.1, 0.15) is 23.2 Å². The van der Waals surface area contributed by atoms with E-state index in [2.05, 4.69) is 5.32 Å². The third-order valence-corrected chi connectivity index (χ3v) is 2.85. The number of carboxylic acid groups (broad SMARTS) is 1. The first-order chi connectivity index (χ1) is 9.38. The van der Waals surface area contributed by atoms with Crippen molar-refractivity contribution in [2.45, 2.75) is 18.9 Å². The molecule has 8 heteroatoms. The molecule has 6 nitrogen and oxygen atoms in total. The van der Waals surface area contributed by atoms with Gasteiger partial charge in [-0.15, -0.1) is 0 Å². The van der Waals surface area contributed by atoms with Crippen LogP contribution in [0.15, 0.2) is 12.1 Å². The molecule has 1 aliphatic rings. The third-order valence-electron chi connectivity index (χ3n) is 2.85. The quantitative estimate of drug-likeness (QED) is 0.716. The van der Waals surface area contributed by atoms with Crippen molar-refractivity contribution in [2.24, 2.45) is 0 Å². The van der Waals surface area contributed by atoms with Gasteiger partial charge < -0.3 is 10.4 Å². The second-order valence-corrected chi connectivity index (χ2v) is 4.27. The Balaban J connectivity index is 2.23. The highest BCUT2D eigenvalue weighted by Gasteiger charge is 2.28. The van der Waals surface area contributed by atoms with Crippen molar-refractivity contribution in [1.82, 2.24) is 5.32 Å². The van der Waals surface area contributed by atoms with E-state index in [9.17, 15) is 23.2 Å². The van der Waals surface area contributed by atoms with E-state index in [1.54, 1.807) is 0 Å². The van der Waals surface area contributed by atoms with Crippen LogP contribution in [0.5, 0.6) is 0 Å². The van der Waals surface area contributed by atoms with Gasteiger partial charge in [0, 0.05) is 6.42 Å². The van der Waals surface area contributed by atoms with Gasteiger partial charge in [0.2, 0.25) is 11.8 Å². The number of carbonyl (C=O) groups excluding carboxylic acids is 2. The van der Waals surface area contributed by atoms with E-state index >= 15 is 0 Å². The Bertz CT molecular complexity index is 580. The summed E-state index contributed by atoms with van der Waals surface area (Å²) in [5.41, 5.74) is -1.13. The van der Waals surface area contributed by atoms with Crippen LogP contribution < -0.4 is 10.6 Å². The SMILES string of the molecule is O=C1CCC(Nc2c(F)cc(C(=O)O)cc2F)C(=O)N1. The number of amides is 2. The van der Waals surface area contributed by atoms with Gasteiger partial charge in [-0.25, -0.2) is 13.6 Å². The number of nitrogens with one attached hydrogen (secondary N) is 2. The largest absolute Gasteiger partial charge is 0.478 e. The highest BCUT2D eigenvalue weighted by molar-refractivity contribution is 6.01. The monoisotopic (exact) mass is 284 g/mol. The number of hydrogen-bond acceptors (Lipinski definition) is 4. The summed E-state index contributed by atoms with van der Waals surface area (Å²) in [6, 6.07) is 0.353. The smallest absolute Gasteiger partial charge is 0.335 e. The summed E-state index contributed by atoms with van der Waals surface area (Å²) in [7, 11) is 0. The first-order valence-corrected chi connectivity index (χ1v) is 5.71. The zero-order chi connectivity index (χ0) is 14.9. The maximum atomic E-state index is 13.7. The second-order valence-electron chi connectivity index (χ2n) is 4.27. The van der Waals surface area contributed by atoms with Crippen LogP contribution in [0.2, 0.25) is 0 Å². The molecule has 0 saturated carbocycles. The Morgan fingerprint density at radius 3 is 2.40 bits per heavy atom. The summed E-state index contributed by atoms with van der Waals surface area (Å²) in [6.07, 6.45) is 0.157. The van der Waals surface area contributed by atoms with Crippen molar-refractivity contribution in [3.05, 3.63) is 29.3 Å². The molecule has 1 fully saturated rings. The van der Waals surface area contributed by atoms with Gasteiger partial charge in [0.1, 0.15) is 23.4 Å². The molecule has 0 aromatic heterocycles. The molecule has 0 bridgehead atoms. The van der Waals surface area contributed by atoms with Crippen LogP contribution in [0.4, 0.5) is 14.5 Å². The van der Waals surface area contributed by atoms with Gasteiger partial charge in [-0.3, -0.25) is 14.9 Å². The maximum Gasteiger partial charge on any atom is 0.335 e. The Hall–Kier alpha value is -2.51. The van der Waals surface area contributed by atoms with Gasteiger partial charge in [-0.2, -0.15) is 0 Å². The second kappa shape index (κ2) is 5.24. The Morgan fingerprint density at radius 2 is 1.90 bits per heavy atom. The Labute approximate surface area is 111 Å². The van der Waals surface area contributed by atoms with Crippen LogP contribution >= 0.6 is 0 Å². The van der Waals surface area contributed by atoms with Crippen LogP contribution in [0.3, 0.4) is 0 Å². The molecule has 1 aromatic carbocycles. The first kappa shape index (κ1) is 13.9. The van der Waals surface area contributed by atoms with E-state index in [1.807, 2.05) is 5.32 Å². The van der Waals surface area contributed by atoms with E-state index in [0.29, 0.717) is 12.1 Å². The highest BCUT2D eigenvalue weighted by atomic mass is 19.1. The number of carboxylic acids is 1. The van der Waals surface area contributed by atoms with Crippen molar-refractivity contribution >= 4 is 23.5 Å². The molecule has 20 heavy (non-hydrogen) atoms. The predicted octanol–water partition coefficient (Wildman–Crippen LogP) is 0.880. The number of aromatic carboxylic acids is 1. The zero-order valence-electron chi connectivity index (χ0n) is 10.1. The van der Waals surface area contributed by atoms with Gasteiger partial charge in [0.25, 0.3) is 0 Å². The number of halogens is 2. The molecule has 1 aromatic rings. The molecule has 1 saturated heterocycles. The molecule has 106 valence electrons. The van der Waals surface area contributed by atoms with Crippen LogP contribution in [-0.4, -0.2) is 28.9 Å².